The third-order valence-electron chi connectivity index (χ3n) is 3.09. The lowest BCUT2D eigenvalue weighted by atomic mass is 10.1. The zero-order chi connectivity index (χ0) is 16.3. The first-order valence-corrected chi connectivity index (χ1v) is 9.09. The van der Waals surface area contributed by atoms with Gasteiger partial charge in [-0.15, -0.1) is 0 Å². The molecule has 22 heavy (non-hydrogen) atoms. The summed E-state index contributed by atoms with van der Waals surface area (Å²) in [5, 5.41) is 8.19. The molecule has 1 aromatic heterocycles. The van der Waals surface area contributed by atoms with Crippen molar-refractivity contribution in [3.05, 3.63) is 40.9 Å². The number of benzene rings is 1. The van der Waals surface area contributed by atoms with Crippen LogP contribution in [0.15, 0.2) is 24.5 Å². The van der Waals surface area contributed by atoms with E-state index in [9.17, 15) is 4.21 Å². The molecule has 2 rings (SSSR count). The number of halogens is 1. The van der Waals surface area contributed by atoms with Crippen molar-refractivity contribution < 1.29 is 4.21 Å². The molecule has 2 aromatic rings. The van der Waals surface area contributed by atoms with Gasteiger partial charge in [0.1, 0.15) is 12.2 Å². The zero-order valence-electron chi connectivity index (χ0n) is 13.3. The second-order valence-electron chi connectivity index (χ2n) is 6.14. The Morgan fingerprint density at radius 3 is 2.73 bits per heavy atom. The standard InChI is InChI=1S/C15H21ClN4OS/c1-15(2,3)20-14(18-10-19-20)8-17-13-7-11(9-22(4)21)5-6-12(13)16/h5-7,10,17H,8-9H2,1-4H3/t22-/m1/s1. The Bertz CT molecular complexity index is 678. The summed E-state index contributed by atoms with van der Waals surface area (Å²) < 4.78 is 13.2. The minimum Gasteiger partial charge on any atom is -0.377 e. The van der Waals surface area contributed by atoms with Gasteiger partial charge >= 0.3 is 0 Å². The molecule has 0 saturated carbocycles. The first-order valence-electron chi connectivity index (χ1n) is 6.99. The molecule has 120 valence electrons. The van der Waals surface area contributed by atoms with Crippen LogP contribution in [-0.2, 0) is 28.6 Å². The Morgan fingerprint density at radius 1 is 1.36 bits per heavy atom. The van der Waals surface area contributed by atoms with Crippen LogP contribution in [0.4, 0.5) is 5.69 Å². The van der Waals surface area contributed by atoms with Gasteiger partial charge in [-0.05, 0) is 38.5 Å². The predicted molar refractivity (Wildman–Crippen MR) is 91.6 cm³/mol. The minimum absolute atomic E-state index is 0.127. The molecule has 0 aliphatic carbocycles. The molecule has 0 unspecified atom stereocenters. The molecule has 0 bridgehead atoms. The van der Waals surface area contributed by atoms with Crippen molar-refractivity contribution in [3.63, 3.8) is 0 Å². The van der Waals surface area contributed by atoms with E-state index in [1.165, 1.54) is 0 Å². The van der Waals surface area contributed by atoms with Gasteiger partial charge in [0.15, 0.2) is 0 Å². The molecule has 0 spiro atoms. The van der Waals surface area contributed by atoms with Crippen molar-refractivity contribution in [2.75, 3.05) is 11.6 Å². The van der Waals surface area contributed by atoms with E-state index < -0.39 is 10.8 Å². The van der Waals surface area contributed by atoms with Crippen molar-refractivity contribution in [1.29, 1.82) is 0 Å². The number of aromatic nitrogens is 3. The molecule has 0 aliphatic heterocycles. The molecule has 0 fully saturated rings. The summed E-state index contributed by atoms with van der Waals surface area (Å²) in [7, 11) is -0.878. The Balaban J connectivity index is 2.15. The Labute approximate surface area is 138 Å². The van der Waals surface area contributed by atoms with Crippen LogP contribution in [-0.4, -0.2) is 25.2 Å². The minimum atomic E-state index is -0.878. The van der Waals surface area contributed by atoms with Crippen LogP contribution in [0.25, 0.3) is 0 Å². The summed E-state index contributed by atoms with van der Waals surface area (Å²) in [5.74, 6) is 1.36. The van der Waals surface area contributed by atoms with Gasteiger partial charge in [-0.1, -0.05) is 17.7 Å². The van der Waals surface area contributed by atoms with Gasteiger partial charge in [0.2, 0.25) is 0 Å². The molecular weight excluding hydrogens is 320 g/mol. The van der Waals surface area contributed by atoms with Crippen molar-refractivity contribution in [2.24, 2.45) is 0 Å². The quantitative estimate of drug-likeness (QED) is 0.908. The van der Waals surface area contributed by atoms with Crippen molar-refractivity contribution >= 4 is 28.1 Å². The largest absolute Gasteiger partial charge is 0.377 e. The molecule has 7 heteroatoms. The fourth-order valence-electron chi connectivity index (χ4n) is 2.15. The highest BCUT2D eigenvalue weighted by molar-refractivity contribution is 7.83. The topological polar surface area (TPSA) is 59.8 Å². The average molecular weight is 341 g/mol. The highest BCUT2D eigenvalue weighted by atomic mass is 35.5. The lowest BCUT2D eigenvalue weighted by Gasteiger charge is -2.21. The summed E-state index contributed by atoms with van der Waals surface area (Å²) in [6.07, 6.45) is 3.24. The van der Waals surface area contributed by atoms with E-state index in [1.807, 2.05) is 22.9 Å². The molecule has 0 radical (unpaired) electrons. The number of hydrogen-bond donors (Lipinski definition) is 1. The van der Waals surface area contributed by atoms with E-state index in [2.05, 4.69) is 36.2 Å². The number of nitrogens with one attached hydrogen (secondary N) is 1. The van der Waals surface area contributed by atoms with E-state index in [0.717, 1.165) is 17.1 Å². The second-order valence-corrected chi connectivity index (χ2v) is 7.99. The maximum atomic E-state index is 11.3. The smallest absolute Gasteiger partial charge is 0.146 e. The van der Waals surface area contributed by atoms with Crippen LogP contribution >= 0.6 is 11.6 Å². The number of rotatable bonds is 5. The zero-order valence-corrected chi connectivity index (χ0v) is 14.8. The van der Waals surface area contributed by atoms with E-state index in [-0.39, 0.29) is 5.54 Å². The summed E-state index contributed by atoms with van der Waals surface area (Å²) in [6, 6.07) is 5.65. The molecule has 1 heterocycles. The summed E-state index contributed by atoms with van der Waals surface area (Å²) in [6.45, 7) is 6.76. The number of anilines is 1. The molecule has 0 saturated heterocycles. The number of nitrogens with zero attached hydrogens (tertiary/aromatic N) is 3. The SMILES string of the molecule is C[S@@](=O)Cc1ccc(Cl)c(NCc2ncnn2C(C)(C)C)c1. The third-order valence-corrected chi connectivity index (χ3v) is 4.16. The first kappa shape index (κ1) is 17.0. The third kappa shape index (κ3) is 4.30. The van der Waals surface area contributed by atoms with Crippen molar-refractivity contribution in [3.8, 4) is 0 Å². The molecule has 1 atom stereocenters. The Morgan fingerprint density at radius 2 is 2.09 bits per heavy atom. The van der Waals surface area contributed by atoms with Crippen LogP contribution in [0.2, 0.25) is 5.02 Å². The van der Waals surface area contributed by atoms with Crippen molar-refractivity contribution in [2.45, 2.75) is 38.6 Å². The summed E-state index contributed by atoms with van der Waals surface area (Å²) in [4.78, 5) is 4.30. The predicted octanol–water partition coefficient (Wildman–Crippen LogP) is 3.18. The van der Waals surface area contributed by atoms with Gasteiger partial charge in [-0.25, -0.2) is 9.67 Å². The summed E-state index contributed by atoms with van der Waals surface area (Å²) in [5.41, 5.74) is 1.68. The Kier molecular flexibility index (Phi) is 5.24. The fourth-order valence-corrected chi connectivity index (χ4v) is 2.99. The maximum absolute atomic E-state index is 11.3. The van der Waals surface area contributed by atoms with Crippen LogP contribution in [0.5, 0.6) is 0 Å². The molecule has 0 aliphatic rings. The lowest BCUT2D eigenvalue weighted by Crippen LogP contribution is -2.26. The van der Waals surface area contributed by atoms with E-state index in [1.54, 1.807) is 12.6 Å². The van der Waals surface area contributed by atoms with E-state index >= 15 is 0 Å². The molecule has 5 nitrogen and oxygen atoms in total. The van der Waals surface area contributed by atoms with Crippen LogP contribution < -0.4 is 5.32 Å². The van der Waals surface area contributed by atoms with Gasteiger partial charge in [0.05, 0.1) is 22.8 Å². The Hall–Kier alpha value is -1.40. The monoisotopic (exact) mass is 340 g/mol. The fraction of sp³-hybridized carbons (Fsp3) is 0.467. The second kappa shape index (κ2) is 6.79. The van der Waals surface area contributed by atoms with Gasteiger partial charge in [-0.2, -0.15) is 5.10 Å². The van der Waals surface area contributed by atoms with Crippen LogP contribution in [0.3, 0.4) is 0 Å². The normalized spacial score (nSPS) is 13.1. The summed E-state index contributed by atoms with van der Waals surface area (Å²) >= 11 is 6.22. The van der Waals surface area contributed by atoms with E-state index in [4.69, 9.17) is 11.6 Å². The molecule has 1 aromatic carbocycles. The van der Waals surface area contributed by atoms with Gasteiger partial charge in [-0.3, -0.25) is 4.21 Å². The average Bonchev–Trinajstić information content (AvgIpc) is 2.87. The van der Waals surface area contributed by atoms with Crippen LogP contribution in [0, 0.1) is 0 Å². The first-order chi connectivity index (χ1) is 10.3. The van der Waals surface area contributed by atoms with Gasteiger partial charge in [0.25, 0.3) is 0 Å². The number of hydrogen-bond acceptors (Lipinski definition) is 4. The van der Waals surface area contributed by atoms with Crippen molar-refractivity contribution in [1.82, 2.24) is 14.8 Å². The molecule has 1 N–H and O–H groups in total. The van der Waals surface area contributed by atoms with Crippen LogP contribution in [0.1, 0.15) is 32.2 Å². The van der Waals surface area contributed by atoms with Gasteiger partial charge < -0.3 is 5.32 Å². The van der Waals surface area contributed by atoms with E-state index in [0.29, 0.717) is 17.3 Å². The molecular formula is C15H21ClN4OS. The maximum Gasteiger partial charge on any atom is 0.146 e. The lowest BCUT2D eigenvalue weighted by molar-refractivity contribution is 0.343. The highest BCUT2D eigenvalue weighted by Crippen LogP contribution is 2.24. The van der Waals surface area contributed by atoms with Gasteiger partial charge in [0, 0.05) is 22.8 Å². The molecule has 0 amide bonds. The highest BCUT2D eigenvalue weighted by Gasteiger charge is 2.18.